The van der Waals surface area contributed by atoms with Crippen molar-refractivity contribution in [3.63, 3.8) is 0 Å². The molecule has 3 rings (SSSR count). The molecule has 0 spiro atoms. The van der Waals surface area contributed by atoms with Crippen molar-refractivity contribution in [2.45, 2.75) is 38.6 Å². The molecule has 0 radical (unpaired) electrons. The minimum Gasteiger partial charge on any atom is -0.483 e. The van der Waals surface area contributed by atoms with E-state index < -0.39 is 0 Å². The highest BCUT2D eigenvalue weighted by atomic mass is 35.5. The third-order valence-electron chi connectivity index (χ3n) is 4.39. The van der Waals surface area contributed by atoms with Gasteiger partial charge in [0.2, 0.25) is 5.91 Å². The molecule has 8 heteroatoms. The molecule has 1 N–H and O–H groups in total. The number of hydrogen-bond donors (Lipinski definition) is 1. The van der Waals surface area contributed by atoms with Gasteiger partial charge in [-0.15, -0.1) is 16.8 Å². The average Bonchev–Trinajstić information content (AvgIpc) is 3.10. The van der Waals surface area contributed by atoms with Crippen LogP contribution >= 0.6 is 23.4 Å². The molecular weight excluding hydrogens is 432 g/mol. The second-order valence-electron chi connectivity index (χ2n) is 7.17. The summed E-state index contributed by atoms with van der Waals surface area (Å²) in [5.41, 5.74) is 2.97. The van der Waals surface area contributed by atoms with E-state index in [-0.39, 0.29) is 17.8 Å². The van der Waals surface area contributed by atoms with Gasteiger partial charge in [-0.25, -0.2) is 0 Å². The summed E-state index contributed by atoms with van der Waals surface area (Å²) < 4.78 is 8.04. The van der Waals surface area contributed by atoms with Gasteiger partial charge in [-0.1, -0.05) is 35.5 Å². The zero-order valence-electron chi connectivity index (χ0n) is 17.8. The third-order valence-corrected chi connectivity index (χ3v) is 5.61. The van der Waals surface area contributed by atoms with Crippen molar-refractivity contribution in [2.24, 2.45) is 0 Å². The topological polar surface area (TPSA) is 69.0 Å². The number of nitrogens with one attached hydrogen (secondary N) is 1. The van der Waals surface area contributed by atoms with Gasteiger partial charge in [-0.2, -0.15) is 0 Å². The largest absolute Gasteiger partial charge is 0.483 e. The van der Waals surface area contributed by atoms with Gasteiger partial charge < -0.3 is 10.1 Å². The predicted octanol–water partition coefficient (Wildman–Crippen LogP) is 5.61. The molecule has 31 heavy (non-hydrogen) atoms. The van der Waals surface area contributed by atoms with E-state index in [2.05, 4.69) is 28.2 Å². The highest BCUT2D eigenvalue weighted by molar-refractivity contribution is 7.99. The van der Waals surface area contributed by atoms with Gasteiger partial charge in [0.15, 0.2) is 17.1 Å². The van der Waals surface area contributed by atoms with Crippen molar-refractivity contribution in [1.29, 1.82) is 0 Å². The van der Waals surface area contributed by atoms with Crippen LogP contribution in [-0.4, -0.2) is 26.4 Å². The number of amides is 1. The molecule has 0 aliphatic rings. The van der Waals surface area contributed by atoms with Gasteiger partial charge in [0.25, 0.3) is 0 Å². The molecule has 0 aliphatic carbocycles. The molecule has 0 fully saturated rings. The zero-order valence-corrected chi connectivity index (χ0v) is 19.3. The molecule has 2 aromatic carbocycles. The smallest absolute Gasteiger partial charge is 0.234 e. The number of aromatic nitrogens is 3. The number of carbonyl (C=O) groups excluding carboxylic acids is 1. The second kappa shape index (κ2) is 10.5. The van der Waals surface area contributed by atoms with Crippen molar-refractivity contribution in [1.82, 2.24) is 14.8 Å². The number of rotatable bonds is 9. The maximum atomic E-state index is 12.3. The van der Waals surface area contributed by atoms with Crippen LogP contribution in [0.15, 0.2) is 60.3 Å². The Labute approximate surface area is 191 Å². The fourth-order valence-corrected chi connectivity index (χ4v) is 4.01. The van der Waals surface area contributed by atoms with Crippen LogP contribution in [0.4, 0.5) is 5.69 Å². The third kappa shape index (κ3) is 6.35. The van der Waals surface area contributed by atoms with Crippen LogP contribution in [0.2, 0.25) is 5.02 Å². The van der Waals surface area contributed by atoms with E-state index in [4.69, 9.17) is 16.3 Å². The van der Waals surface area contributed by atoms with Crippen molar-refractivity contribution >= 4 is 35.0 Å². The minimum absolute atomic E-state index is 0.137. The molecule has 1 heterocycles. The summed E-state index contributed by atoms with van der Waals surface area (Å²) in [4.78, 5) is 12.3. The zero-order chi connectivity index (χ0) is 22.4. The molecule has 0 saturated heterocycles. The maximum absolute atomic E-state index is 12.3. The first-order chi connectivity index (χ1) is 14.9. The number of anilines is 1. The summed E-state index contributed by atoms with van der Waals surface area (Å²) in [5, 5.41) is 12.7. The Morgan fingerprint density at radius 2 is 1.90 bits per heavy atom. The van der Waals surface area contributed by atoms with Crippen molar-refractivity contribution in [3.8, 4) is 5.75 Å². The lowest BCUT2D eigenvalue weighted by molar-refractivity contribution is -0.113. The van der Waals surface area contributed by atoms with Gasteiger partial charge >= 0.3 is 0 Å². The number of hydrogen-bond acceptors (Lipinski definition) is 5. The molecule has 1 amide bonds. The molecular formula is C23H25ClN4O2S. The first-order valence-corrected chi connectivity index (χ1v) is 11.2. The van der Waals surface area contributed by atoms with E-state index in [1.807, 2.05) is 37.5 Å². The van der Waals surface area contributed by atoms with Gasteiger partial charge in [-0.05, 0) is 68.3 Å². The van der Waals surface area contributed by atoms with E-state index in [0.29, 0.717) is 28.2 Å². The highest BCUT2D eigenvalue weighted by Gasteiger charge is 2.20. The molecule has 1 atom stereocenters. The molecule has 1 aromatic heterocycles. The Bertz CT molecular complexity index is 1050. The van der Waals surface area contributed by atoms with Crippen LogP contribution in [-0.2, 0) is 11.3 Å². The first kappa shape index (κ1) is 22.9. The summed E-state index contributed by atoms with van der Waals surface area (Å²) in [7, 11) is 0. The number of aryl methyl sites for hydroxylation is 2. The monoisotopic (exact) mass is 456 g/mol. The Kier molecular flexibility index (Phi) is 7.76. The van der Waals surface area contributed by atoms with E-state index in [1.165, 1.54) is 11.8 Å². The number of nitrogens with zero attached hydrogens (tertiary/aromatic N) is 3. The predicted molar refractivity (Wildman–Crippen MR) is 126 cm³/mol. The van der Waals surface area contributed by atoms with Crippen molar-refractivity contribution in [2.75, 3.05) is 11.1 Å². The summed E-state index contributed by atoms with van der Waals surface area (Å²) in [6.07, 6.45) is 1.46. The lowest BCUT2D eigenvalue weighted by atomic mass is 10.1. The highest BCUT2D eigenvalue weighted by Crippen LogP contribution is 2.26. The number of allylic oxidation sites excluding steroid dienone is 1. The van der Waals surface area contributed by atoms with E-state index >= 15 is 0 Å². The summed E-state index contributed by atoms with van der Waals surface area (Å²) in [5.74, 6) is 1.53. The molecule has 3 aromatic rings. The van der Waals surface area contributed by atoms with E-state index in [1.54, 1.807) is 30.3 Å². The lowest BCUT2D eigenvalue weighted by Gasteiger charge is -2.16. The lowest BCUT2D eigenvalue weighted by Crippen LogP contribution is -2.15. The Balaban J connectivity index is 1.68. The van der Waals surface area contributed by atoms with Gasteiger partial charge in [0.05, 0.1) is 5.75 Å². The molecule has 162 valence electrons. The molecule has 0 saturated carbocycles. The van der Waals surface area contributed by atoms with E-state index in [9.17, 15) is 4.79 Å². The fourth-order valence-electron chi connectivity index (χ4n) is 3.13. The number of halogens is 1. The Morgan fingerprint density at radius 1 is 1.23 bits per heavy atom. The summed E-state index contributed by atoms with van der Waals surface area (Å²) in [6, 6.07) is 13.1. The van der Waals surface area contributed by atoms with Crippen molar-refractivity contribution < 1.29 is 9.53 Å². The van der Waals surface area contributed by atoms with Crippen LogP contribution in [0.3, 0.4) is 0 Å². The molecule has 0 aliphatic heterocycles. The maximum Gasteiger partial charge on any atom is 0.234 e. The van der Waals surface area contributed by atoms with Crippen LogP contribution in [0.25, 0.3) is 0 Å². The standard InChI is InChI=1S/C23H25ClN4O2S/c1-5-10-28-22(17(4)30-20-12-15(2)11-16(3)13-20)26-27-23(28)31-14-21(29)25-19-8-6-18(24)7-9-19/h5-9,11-13,17H,1,10,14H2,2-4H3,(H,25,29). The Morgan fingerprint density at radius 3 is 2.55 bits per heavy atom. The molecule has 6 nitrogen and oxygen atoms in total. The number of thioether (sulfide) groups is 1. The van der Waals surface area contributed by atoms with Crippen LogP contribution < -0.4 is 10.1 Å². The number of carbonyl (C=O) groups is 1. The Hall–Kier alpha value is -2.77. The van der Waals surface area contributed by atoms with Gasteiger partial charge in [0, 0.05) is 17.3 Å². The van der Waals surface area contributed by atoms with Crippen LogP contribution in [0, 0.1) is 13.8 Å². The number of ether oxygens (including phenoxy) is 1. The second-order valence-corrected chi connectivity index (χ2v) is 8.55. The first-order valence-electron chi connectivity index (χ1n) is 9.83. The normalized spacial score (nSPS) is 11.7. The van der Waals surface area contributed by atoms with Crippen molar-refractivity contribution in [3.05, 3.63) is 77.1 Å². The van der Waals surface area contributed by atoms with Gasteiger partial charge in [-0.3, -0.25) is 9.36 Å². The SMILES string of the molecule is C=CCn1c(SCC(=O)Nc2ccc(Cl)cc2)nnc1C(C)Oc1cc(C)cc(C)c1. The van der Waals surface area contributed by atoms with Crippen LogP contribution in [0.1, 0.15) is 30.0 Å². The molecule has 0 bridgehead atoms. The minimum atomic E-state index is -0.314. The quantitative estimate of drug-likeness (QED) is 0.335. The van der Waals surface area contributed by atoms with Gasteiger partial charge in [0.1, 0.15) is 5.75 Å². The average molecular weight is 457 g/mol. The van der Waals surface area contributed by atoms with E-state index in [0.717, 1.165) is 16.9 Å². The van der Waals surface area contributed by atoms with Crippen LogP contribution in [0.5, 0.6) is 5.75 Å². The summed E-state index contributed by atoms with van der Waals surface area (Å²) in [6.45, 7) is 10.3. The molecule has 1 unspecified atom stereocenters. The fraction of sp³-hybridized carbons (Fsp3) is 0.261. The summed E-state index contributed by atoms with van der Waals surface area (Å²) >= 11 is 7.19. The number of benzene rings is 2.